The zero-order valence-corrected chi connectivity index (χ0v) is 5.54. The van der Waals surface area contributed by atoms with Gasteiger partial charge in [-0.2, -0.15) is 0 Å². The first-order valence-electron chi connectivity index (χ1n) is 2.97. The monoisotopic (exact) mass is 134 g/mol. The van der Waals surface area contributed by atoms with Gasteiger partial charge in [0.15, 0.2) is 0 Å². The Morgan fingerprint density at radius 3 is 3.12 bits per heavy atom. The third-order valence-corrected chi connectivity index (χ3v) is 1.68. The van der Waals surface area contributed by atoms with Crippen LogP contribution in [0.15, 0.2) is 0 Å². The van der Waals surface area contributed by atoms with Crippen LogP contribution >= 0.6 is 11.8 Å². The highest BCUT2D eigenvalue weighted by molar-refractivity contribution is 6.13. The molecule has 0 spiro atoms. The molecule has 1 aliphatic rings. The molecule has 1 fully saturated rings. The molecule has 0 radical (unpaired) electrons. The first-order valence-corrected chi connectivity index (χ1v) is 3.35. The van der Waals surface area contributed by atoms with Gasteiger partial charge in [0.25, 0.3) is 0 Å². The SMILES string of the molecule is ClNCC1CCNC1. The van der Waals surface area contributed by atoms with Gasteiger partial charge in [-0.1, -0.05) is 0 Å². The molecule has 1 heterocycles. The molecule has 1 atom stereocenters. The molecule has 2 nitrogen and oxygen atoms in total. The summed E-state index contributed by atoms with van der Waals surface area (Å²) in [6.45, 7) is 3.22. The zero-order chi connectivity index (χ0) is 5.82. The van der Waals surface area contributed by atoms with E-state index in [0.717, 1.165) is 25.6 Å². The van der Waals surface area contributed by atoms with Gasteiger partial charge < -0.3 is 5.32 Å². The Morgan fingerprint density at radius 2 is 2.62 bits per heavy atom. The van der Waals surface area contributed by atoms with Crippen LogP contribution in [-0.4, -0.2) is 19.6 Å². The zero-order valence-electron chi connectivity index (χ0n) is 4.78. The van der Waals surface area contributed by atoms with Crippen LogP contribution < -0.4 is 10.2 Å². The van der Waals surface area contributed by atoms with Crippen LogP contribution in [0.25, 0.3) is 0 Å². The van der Waals surface area contributed by atoms with Crippen LogP contribution in [-0.2, 0) is 0 Å². The Hall–Kier alpha value is 0.210. The molecular formula is C5H11ClN2. The van der Waals surface area contributed by atoms with E-state index in [2.05, 4.69) is 10.2 Å². The number of nitrogens with one attached hydrogen (secondary N) is 2. The van der Waals surface area contributed by atoms with Gasteiger partial charge in [0.2, 0.25) is 0 Å². The number of hydrogen-bond donors (Lipinski definition) is 2. The lowest BCUT2D eigenvalue weighted by Gasteiger charge is -2.02. The van der Waals surface area contributed by atoms with E-state index in [1.165, 1.54) is 6.42 Å². The van der Waals surface area contributed by atoms with Crippen LogP contribution in [0.4, 0.5) is 0 Å². The average molecular weight is 135 g/mol. The van der Waals surface area contributed by atoms with E-state index >= 15 is 0 Å². The molecule has 1 rings (SSSR count). The fourth-order valence-corrected chi connectivity index (χ4v) is 1.22. The second-order valence-corrected chi connectivity index (χ2v) is 2.46. The molecule has 0 amide bonds. The fraction of sp³-hybridized carbons (Fsp3) is 1.00. The molecule has 3 heteroatoms. The highest BCUT2D eigenvalue weighted by atomic mass is 35.5. The minimum atomic E-state index is 0.757. The second kappa shape index (κ2) is 3.28. The van der Waals surface area contributed by atoms with Crippen molar-refractivity contribution in [3.05, 3.63) is 0 Å². The summed E-state index contributed by atoms with van der Waals surface area (Å²) in [4.78, 5) is 2.64. The Balaban J connectivity index is 2.06. The Kier molecular flexibility index (Phi) is 2.59. The van der Waals surface area contributed by atoms with Crippen molar-refractivity contribution in [3.63, 3.8) is 0 Å². The topological polar surface area (TPSA) is 24.1 Å². The minimum absolute atomic E-state index is 0.757. The van der Waals surface area contributed by atoms with E-state index in [1.807, 2.05) is 0 Å². The van der Waals surface area contributed by atoms with E-state index in [4.69, 9.17) is 11.8 Å². The molecule has 1 unspecified atom stereocenters. The van der Waals surface area contributed by atoms with Gasteiger partial charge in [0.1, 0.15) is 0 Å². The summed E-state index contributed by atoms with van der Waals surface area (Å²) < 4.78 is 0. The van der Waals surface area contributed by atoms with Crippen molar-refractivity contribution in [2.45, 2.75) is 6.42 Å². The second-order valence-electron chi connectivity index (χ2n) is 2.20. The summed E-state index contributed by atoms with van der Waals surface area (Å²) in [5.74, 6) is 0.757. The van der Waals surface area contributed by atoms with Crippen molar-refractivity contribution >= 4 is 11.8 Å². The fourth-order valence-electron chi connectivity index (χ4n) is 0.998. The minimum Gasteiger partial charge on any atom is -0.316 e. The average Bonchev–Trinajstić information content (AvgIpc) is 2.19. The Labute approximate surface area is 54.7 Å². The molecule has 0 aliphatic carbocycles. The molecule has 1 aliphatic heterocycles. The lowest BCUT2D eigenvalue weighted by atomic mass is 10.1. The van der Waals surface area contributed by atoms with Crippen molar-refractivity contribution in [1.29, 1.82) is 0 Å². The molecule has 2 N–H and O–H groups in total. The smallest absolute Gasteiger partial charge is 0.0149 e. The molecule has 0 aromatic rings. The first-order chi connectivity index (χ1) is 3.93. The number of halogens is 1. The molecular weight excluding hydrogens is 124 g/mol. The van der Waals surface area contributed by atoms with E-state index in [0.29, 0.717) is 0 Å². The summed E-state index contributed by atoms with van der Waals surface area (Å²) in [7, 11) is 0. The van der Waals surface area contributed by atoms with Crippen molar-refractivity contribution in [3.8, 4) is 0 Å². The van der Waals surface area contributed by atoms with Crippen molar-refractivity contribution in [2.75, 3.05) is 19.6 Å². The van der Waals surface area contributed by atoms with E-state index in [1.54, 1.807) is 0 Å². The van der Waals surface area contributed by atoms with Gasteiger partial charge in [-0.05, 0) is 37.2 Å². The normalized spacial score (nSPS) is 28.9. The highest BCUT2D eigenvalue weighted by Gasteiger charge is 2.12. The lowest BCUT2D eigenvalue weighted by molar-refractivity contribution is 0.575. The predicted molar refractivity (Wildman–Crippen MR) is 34.8 cm³/mol. The van der Waals surface area contributed by atoms with Gasteiger partial charge in [0, 0.05) is 6.54 Å². The molecule has 0 aromatic heterocycles. The standard InChI is InChI=1S/C5H11ClN2/c6-8-4-5-1-2-7-3-5/h5,7-8H,1-4H2. The van der Waals surface area contributed by atoms with Crippen molar-refractivity contribution < 1.29 is 0 Å². The van der Waals surface area contributed by atoms with Gasteiger partial charge >= 0.3 is 0 Å². The third kappa shape index (κ3) is 1.62. The highest BCUT2D eigenvalue weighted by Crippen LogP contribution is 2.04. The lowest BCUT2D eigenvalue weighted by Crippen LogP contribution is -2.17. The summed E-state index contributed by atoms with van der Waals surface area (Å²) >= 11 is 5.30. The largest absolute Gasteiger partial charge is 0.316 e. The first kappa shape index (κ1) is 6.33. The van der Waals surface area contributed by atoms with Crippen LogP contribution in [0.2, 0.25) is 0 Å². The summed E-state index contributed by atoms with van der Waals surface area (Å²) in [6, 6.07) is 0. The van der Waals surface area contributed by atoms with Crippen molar-refractivity contribution in [1.82, 2.24) is 10.2 Å². The molecule has 1 saturated heterocycles. The maximum absolute atomic E-state index is 5.30. The number of rotatable bonds is 2. The van der Waals surface area contributed by atoms with Crippen LogP contribution in [0.1, 0.15) is 6.42 Å². The van der Waals surface area contributed by atoms with Crippen LogP contribution in [0.5, 0.6) is 0 Å². The van der Waals surface area contributed by atoms with Gasteiger partial charge in [-0.3, -0.25) is 0 Å². The quantitative estimate of drug-likeness (QED) is 0.533. The van der Waals surface area contributed by atoms with E-state index in [-0.39, 0.29) is 0 Å². The van der Waals surface area contributed by atoms with Crippen LogP contribution in [0.3, 0.4) is 0 Å². The maximum atomic E-state index is 5.30. The summed E-state index contributed by atoms with van der Waals surface area (Å²) in [6.07, 6.45) is 1.26. The molecule has 0 bridgehead atoms. The predicted octanol–water partition coefficient (Wildman–Crippen LogP) is 0.339. The maximum Gasteiger partial charge on any atom is 0.0149 e. The molecule has 0 saturated carbocycles. The summed E-state index contributed by atoms with van der Waals surface area (Å²) in [5, 5.41) is 3.26. The molecule has 48 valence electrons. The van der Waals surface area contributed by atoms with Gasteiger partial charge in [-0.25, -0.2) is 4.84 Å². The molecule has 0 aromatic carbocycles. The van der Waals surface area contributed by atoms with Gasteiger partial charge in [0.05, 0.1) is 0 Å². The Bertz CT molecular complexity index is 61.4. The van der Waals surface area contributed by atoms with E-state index < -0.39 is 0 Å². The van der Waals surface area contributed by atoms with Crippen molar-refractivity contribution in [2.24, 2.45) is 5.92 Å². The molecule has 8 heavy (non-hydrogen) atoms. The third-order valence-electron chi connectivity index (χ3n) is 1.53. The van der Waals surface area contributed by atoms with Gasteiger partial charge in [-0.15, -0.1) is 0 Å². The Morgan fingerprint density at radius 1 is 1.75 bits per heavy atom. The van der Waals surface area contributed by atoms with Crippen LogP contribution in [0, 0.1) is 5.92 Å². The number of hydrogen-bond acceptors (Lipinski definition) is 2. The van der Waals surface area contributed by atoms with E-state index in [9.17, 15) is 0 Å². The summed E-state index contributed by atoms with van der Waals surface area (Å²) in [5.41, 5.74) is 0.